The highest BCUT2D eigenvalue weighted by atomic mass is 16.3. The molecule has 0 atom stereocenters. The van der Waals surface area contributed by atoms with E-state index in [4.69, 9.17) is 38.7 Å². The van der Waals surface area contributed by atoms with E-state index in [0.29, 0.717) is 34.9 Å². The highest BCUT2D eigenvalue weighted by Crippen LogP contribution is 2.47. The van der Waals surface area contributed by atoms with Gasteiger partial charge in [0, 0.05) is 82.0 Å². The summed E-state index contributed by atoms with van der Waals surface area (Å²) in [4.78, 5) is 31.0. The molecule has 0 aliphatic heterocycles. The summed E-state index contributed by atoms with van der Waals surface area (Å²) in [6.07, 6.45) is 0. The average molecular weight is 1510 g/mol. The molecule has 6 aromatic heterocycles. The van der Waals surface area contributed by atoms with E-state index in [9.17, 15) is 0 Å². The highest BCUT2D eigenvalue weighted by Gasteiger charge is 2.27. The Kier molecular flexibility index (Phi) is 17.0. The molecule has 0 radical (unpaired) electrons. The van der Waals surface area contributed by atoms with Crippen molar-refractivity contribution in [1.82, 2.24) is 39.0 Å². The molecule has 0 amide bonds. The van der Waals surface area contributed by atoms with Crippen LogP contribution < -0.4 is 0 Å². The van der Waals surface area contributed by atoms with Gasteiger partial charge in [-0.1, -0.05) is 358 Å². The molecule has 0 unspecified atom stereocenters. The Balaban J connectivity index is 0.000000143. The van der Waals surface area contributed by atoms with Crippen LogP contribution in [-0.2, 0) is 0 Å². The molecule has 23 rings (SSSR count). The Hall–Kier alpha value is -16.0. The van der Waals surface area contributed by atoms with E-state index in [1.807, 2.05) is 78.9 Å². The first kappa shape index (κ1) is 68.7. The van der Waals surface area contributed by atoms with Crippen molar-refractivity contribution in [2.45, 2.75) is 0 Å². The zero-order valence-electron chi connectivity index (χ0n) is 63.7. The third-order valence-corrected chi connectivity index (χ3v) is 22.6. The lowest BCUT2D eigenvalue weighted by Gasteiger charge is -2.14. The van der Waals surface area contributed by atoms with E-state index in [-0.39, 0.29) is 0 Å². The monoisotopic (exact) mass is 1510 g/mol. The van der Waals surface area contributed by atoms with Gasteiger partial charge in [-0.2, -0.15) is 0 Å². The summed E-state index contributed by atoms with van der Waals surface area (Å²) in [5, 5.41) is 8.81. The van der Waals surface area contributed by atoms with Crippen molar-refractivity contribution < 1.29 is 8.83 Å². The van der Waals surface area contributed by atoms with Gasteiger partial charge in [0.15, 0.2) is 46.1 Å². The van der Waals surface area contributed by atoms with E-state index in [0.717, 1.165) is 177 Å². The number of rotatable bonds is 13. The van der Waals surface area contributed by atoms with Crippen LogP contribution in [0.3, 0.4) is 0 Å². The van der Waals surface area contributed by atoms with Crippen molar-refractivity contribution in [3.05, 3.63) is 413 Å². The highest BCUT2D eigenvalue weighted by molar-refractivity contribution is 6.25. The molecule has 0 N–H and O–H groups in total. The van der Waals surface area contributed by atoms with Crippen molar-refractivity contribution in [3.8, 4) is 135 Å². The van der Waals surface area contributed by atoms with Gasteiger partial charge < -0.3 is 18.0 Å². The van der Waals surface area contributed by atoms with Crippen LogP contribution in [0.4, 0.5) is 0 Å². The molecule has 0 fully saturated rings. The predicted molar refractivity (Wildman–Crippen MR) is 483 cm³/mol. The third kappa shape index (κ3) is 12.1. The Morgan fingerprint density at radius 2 is 0.458 bits per heavy atom. The lowest BCUT2D eigenvalue weighted by Crippen LogP contribution is -2.03. The van der Waals surface area contributed by atoms with Crippen LogP contribution in [0.25, 0.3) is 223 Å². The number of hydrogen-bond acceptors (Lipinski definition) is 8. The number of furan rings is 2. The number of benzene rings is 17. The molecule has 0 aliphatic rings. The second-order valence-electron chi connectivity index (χ2n) is 29.5. The molecule has 0 spiro atoms. The molecular formula is C108H68N8O2. The van der Waals surface area contributed by atoms with Crippen molar-refractivity contribution in [2.75, 3.05) is 0 Å². The standard InChI is InChI=1S/C57H36N4O.C51H32N4O/c1-4-15-37(16-5-1)39-27-31-41(32-28-39)44-23-14-24-47-48-36-35-46-45-21-10-12-25-50(45)61(52(46)54(48)62-53(44)47)51-26-13-11-22-49(51)57-59-55(42-19-8-3-9-20-42)58-56(60-57)43-33-29-40(30-34-43)38-17-6-2-7-18-38;1-4-15-33(16-5-1)34-27-29-37(30-28-34)50-52-49(36-19-8-3-9-20-36)53-51(54-50)41-22-11-13-25-44(41)55-43-24-12-10-21-39(43)40-31-32-42-46-38(35-17-6-2-7-18-35)23-14-26-45(46)56-48(42)47(40)55/h1-36H;1-32H. The number of para-hydroxylation sites is 5. The minimum Gasteiger partial charge on any atom is -0.454 e. The van der Waals surface area contributed by atoms with Gasteiger partial charge in [-0.25, -0.2) is 29.9 Å². The third-order valence-electron chi connectivity index (χ3n) is 22.6. The Morgan fingerprint density at radius 3 is 0.915 bits per heavy atom. The Morgan fingerprint density at radius 1 is 0.169 bits per heavy atom. The largest absolute Gasteiger partial charge is 0.454 e. The SMILES string of the molecule is c1ccc(-c2ccc(-c3nc(-c4ccccc4)nc(-c4ccccc4-n4c5ccccc5c5ccc6c(oc7cccc(-c8ccccc8)c76)c54)n3)cc2)cc1.c1ccc(-c2ccc(-c3nc(-c4ccccc4)nc(-c4ccccc4-n4c5ccccc5c5ccc6c7cccc(-c8ccc(-c9ccccc9)cc8)c7oc6c54)n3)cc2)cc1. The molecule has 0 saturated heterocycles. The maximum atomic E-state index is 7.14. The average Bonchev–Trinajstić information content (AvgIpc) is 1.56. The Labute approximate surface area is 678 Å². The van der Waals surface area contributed by atoms with E-state index in [2.05, 4.69) is 343 Å². The number of hydrogen-bond donors (Lipinski definition) is 0. The first-order valence-electron chi connectivity index (χ1n) is 39.6. The van der Waals surface area contributed by atoms with Crippen LogP contribution in [0.5, 0.6) is 0 Å². The molecule has 17 aromatic carbocycles. The van der Waals surface area contributed by atoms with Gasteiger partial charge in [0.25, 0.3) is 0 Å². The molecule has 23 aromatic rings. The summed E-state index contributed by atoms with van der Waals surface area (Å²) in [5.74, 6) is 3.61. The fourth-order valence-corrected chi connectivity index (χ4v) is 17.0. The second-order valence-corrected chi connectivity index (χ2v) is 29.5. The summed E-state index contributed by atoms with van der Waals surface area (Å²) >= 11 is 0. The molecule has 0 bridgehead atoms. The van der Waals surface area contributed by atoms with Crippen LogP contribution >= 0.6 is 0 Å². The maximum absolute atomic E-state index is 7.14. The van der Waals surface area contributed by atoms with Crippen LogP contribution in [-0.4, -0.2) is 39.0 Å². The zero-order chi connectivity index (χ0) is 78.0. The molecule has 118 heavy (non-hydrogen) atoms. The van der Waals surface area contributed by atoms with Gasteiger partial charge in [-0.3, -0.25) is 0 Å². The zero-order valence-corrected chi connectivity index (χ0v) is 63.7. The lowest BCUT2D eigenvalue weighted by atomic mass is 9.99. The van der Waals surface area contributed by atoms with Crippen molar-refractivity contribution >= 4 is 87.5 Å². The smallest absolute Gasteiger partial charge is 0.166 e. The fourth-order valence-electron chi connectivity index (χ4n) is 17.0. The van der Waals surface area contributed by atoms with Crippen molar-refractivity contribution in [3.63, 3.8) is 0 Å². The van der Waals surface area contributed by atoms with Crippen molar-refractivity contribution in [2.24, 2.45) is 0 Å². The molecular weight excluding hydrogens is 1440 g/mol. The first-order valence-corrected chi connectivity index (χ1v) is 39.6. The van der Waals surface area contributed by atoms with Crippen LogP contribution in [0.15, 0.2) is 421 Å². The predicted octanol–water partition coefficient (Wildman–Crippen LogP) is 28.1. The minimum atomic E-state index is 0.584. The normalized spacial score (nSPS) is 11.6. The quantitative estimate of drug-likeness (QED) is 0.112. The number of nitrogens with zero attached hydrogens (tertiary/aromatic N) is 8. The summed E-state index contributed by atoms with van der Waals surface area (Å²) in [5.41, 5.74) is 26.3. The fraction of sp³-hybridized carbons (Fsp3) is 0. The summed E-state index contributed by atoms with van der Waals surface area (Å²) in [6, 6.07) is 143. The van der Waals surface area contributed by atoms with Crippen molar-refractivity contribution in [1.29, 1.82) is 0 Å². The van der Waals surface area contributed by atoms with Crippen LogP contribution in [0, 0.1) is 0 Å². The number of fused-ring (bicyclic) bond motifs is 14. The summed E-state index contributed by atoms with van der Waals surface area (Å²) < 4.78 is 18.7. The van der Waals surface area contributed by atoms with Crippen LogP contribution in [0.1, 0.15) is 0 Å². The van der Waals surface area contributed by atoms with Gasteiger partial charge in [0.1, 0.15) is 11.2 Å². The topological polar surface area (TPSA) is 113 Å². The number of aromatic nitrogens is 8. The molecule has 10 heteroatoms. The van der Waals surface area contributed by atoms with E-state index in [1.165, 1.54) is 11.1 Å². The van der Waals surface area contributed by atoms with Gasteiger partial charge in [-0.05, 0) is 105 Å². The van der Waals surface area contributed by atoms with E-state index < -0.39 is 0 Å². The molecule has 6 heterocycles. The molecule has 552 valence electrons. The van der Waals surface area contributed by atoms with Gasteiger partial charge in [-0.15, -0.1) is 0 Å². The Bertz CT molecular complexity index is 7740. The summed E-state index contributed by atoms with van der Waals surface area (Å²) in [7, 11) is 0. The molecule has 0 aliphatic carbocycles. The summed E-state index contributed by atoms with van der Waals surface area (Å²) in [6.45, 7) is 0. The van der Waals surface area contributed by atoms with E-state index >= 15 is 0 Å². The maximum Gasteiger partial charge on any atom is 0.166 e. The van der Waals surface area contributed by atoms with Gasteiger partial charge in [0.2, 0.25) is 0 Å². The van der Waals surface area contributed by atoms with Gasteiger partial charge in [0.05, 0.1) is 33.4 Å². The lowest BCUT2D eigenvalue weighted by molar-refractivity contribution is 0.671. The first-order chi connectivity index (χ1) is 58.5. The van der Waals surface area contributed by atoms with Gasteiger partial charge >= 0.3 is 0 Å². The second kappa shape index (κ2) is 29.2. The molecule has 0 saturated carbocycles. The van der Waals surface area contributed by atoms with E-state index in [1.54, 1.807) is 0 Å². The minimum absolute atomic E-state index is 0.584. The van der Waals surface area contributed by atoms with Crippen LogP contribution in [0.2, 0.25) is 0 Å². The molecule has 10 nitrogen and oxygen atoms in total.